The first-order valence-corrected chi connectivity index (χ1v) is 6.81. The molecule has 0 radical (unpaired) electrons. The summed E-state index contributed by atoms with van der Waals surface area (Å²) in [5.74, 6) is -5.06. The van der Waals surface area contributed by atoms with Gasteiger partial charge in [0.1, 0.15) is 0 Å². The molecule has 124 valence electrons. The Bertz CT molecular complexity index is 635. The van der Waals surface area contributed by atoms with E-state index in [2.05, 4.69) is 6.58 Å². The Morgan fingerprint density at radius 3 is 2.26 bits per heavy atom. The van der Waals surface area contributed by atoms with Crippen molar-refractivity contribution in [2.45, 2.75) is 26.1 Å². The molecule has 0 saturated heterocycles. The Hall–Kier alpha value is -2.67. The molecule has 7 heteroatoms. The summed E-state index contributed by atoms with van der Waals surface area (Å²) in [6.07, 6.45) is -0.0279. The zero-order chi connectivity index (χ0) is 17.6. The van der Waals surface area contributed by atoms with Gasteiger partial charge in [0.2, 0.25) is 5.79 Å². The van der Waals surface area contributed by atoms with Gasteiger partial charge in [-0.2, -0.15) is 0 Å². The normalized spacial score (nSPS) is 12.8. The Labute approximate surface area is 133 Å². The van der Waals surface area contributed by atoms with Crippen molar-refractivity contribution in [2.24, 2.45) is 0 Å². The number of carbonyl (C=O) groups is 3. The van der Waals surface area contributed by atoms with Crippen LogP contribution in [0.15, 0.2) is 36.4 Å². The lowest BCUT2D eigenvalue weighted by Crippen LogP contribution is -2.40. The number of aromatic carboxylic acids is 1. The summed E-state index contributed by atoms with van der Waals surface area (Å²) in [6.45, 7) is 5.70. The number of carbonyl (C=O) groups excluding carboxylic acids is 2. The van der Waals surface area contributed by atoms with Gasteiger partial charge in [0.25, 0.3) is 0 Å². The molecule has 0 aliphatic carbocycles. The predicted molar refractivity (Wildman–Crippen MR) is 79.8 cm³/mol. The van der Waals surface area contributed by atoms with Crippen LogP contribution in [-0.2, 0) is 14.3 Å². The van der Waals surface area contributed by atoms with Gasteiger partial charge in [-0.3, -0.25) is 0 Å². The van der Waals surface area contributed by atoms with Gasteiger partial charge in [-0.15, -0.1) is 0 Å². The van der Waals surface area contributed by atoms with E-state index in [0.717, 1.165) is 0 Å². The monoisotopic (exact) mass is 322 g/mol. The van der Waals surface area contributed by atoms with Crippen molar-refractivity contribution in [3.8, 4) is 0 Å². The summed E-state index contributed by atoms with van der Waals surface area (Å²) in [4.78, 5) is 34.5. The van der Waals surface area contributed by atoms with Gasteiger partial charge in [-0.1, -0.05) is 25.6 Å². The second-order valence-electron chi connectivity index (χ2n) is 4.90. The van der Waals surface area contributed by atoms with Gasteiger partial charge in [0.15, 0.2) is 6.61 Å². The largest absolute Gasteiger partial charge is 0.478 e. The molecule has 1 aromatic rings. The highest BCUT2D eigenvalue weighted by Crippen LogP contribution is 2.17. The van der Waals surface area contributed by atoms with E-state index in [1.165, 1.54) is 38.1 Å². The molecule has 1 atom stereocenters. The average Bonchev–Trinajstić information content (AvgIpc) is 2.52. The summed E-state index contributed by atoms with van der Waals surface area (Å²) >= 11 is 0. The highest BCUT2D eigenvalue weighted by atomic mass is 16.7. The zero-order valence-corrected chi connectivity index (χ0v) is 12.9. The van der Waals surface area contributed by atoms with E-state index in [-0.39, 0.29) is 23.1 Å². The third-order valence-electron chi connectivity index (χ3n) is 2.99. The molecule has 1 unspecified atom stereocenters. The smallest absolute Gasteiger partial charge is 0.339 e. The maximum atomic E-state index is 12.0. The van der Waals surface area contributed by atoms with Gasteiger partial charge in [0.05, 0.1) is 11.1 Å². The van der Waals surface area contributed by atoms with Crippen molar-refractivity contribution < 1.29 is 34.1 Å². The van der Waals surface area contributed by atoms with Crippen molar-refractivity contribution in [2.75, 3.05) is 6.61 Å². The summed E-state index contributed by atoms with van der Waals surface area (Å²) in [5, 5.41) is 19.2. The number of rotatable bonds is 7. The van der Waals surface area contributed by atoms with E-state index < -0.39 is 30.3 Å². The van der Waals surface area contributed by atoms with E-state index in [1.807, 2.05) is 0 Å². The summed E-state index contributed by atoms with van der Waals surface area (Å²) < 4.78 is 9.73. The number of benzene rings is 1. The molecule has 0 bridgehead atoms. The van der Waals surface area contributed by atoms with Gasteiger partial charge < -0.3 is 19.7 Å². The number of carboxylic acids is 1. The summed E-state index contributed by atoms with van der Waals surface area (Å²) in [7, 11) is 0. The van der Waals surface area contributed by atoms with E-state index >= 15 is 0 Å². The van der Waals surface area contributed by atoms with Crippen LogP contribution in [0.4, 0.5) is 0 Å². The standard InChI is InChI=1S/C16H18O7/c1-4-16(21,23-14(19)10(2)3)9-22-15(20)12-8-6-5-7-11(12)13(17)18/h5-8,21H,2,4,9H2,1,3H3,(H,17,18). The molecule has 2 N–H and O–H groups in total. The van der Waals surface area contributed by atoms with Gasteiger partial charge in [-0.25, -0.2) is 14.4 Å². The Morgan fingerprint density at radius 1 is 1.22 bits per heavy atom. The average molecular weight is 322 g/mol. The van der Waals surface area contributed by atoms with Crippen LogP contribution >= 0.6 is 0 Å². The van der Waals surface area contributed by atoms with Crippen LogP contribution in [-0.4, -0.2) is 40.5 Å². The van der Waals surface area contributed by atoms with Crippen molar-refractivity contribution in [3.05, 3.63) is 47.5 Å². The van der Waals surface area contributed by atoms with E-state index in [1.54, 1.807) is 0 Å². The van der Waals surface area contributed by atoms with Crippen LogP contribution in [0.3, 0.4) is 0 Å². The number of carboxylic acid groups (broad SMARTS) is 1. The molecule has 0 heterocycles. The third-order valence-corrected chi connectivity index (χ3v) is 2.99. The fourth-order valence-corrected chi connectivity index (χ4v) is 1.57. The van der Waals surface area contributed by atoms with Gasteiger partial charge in [0, 0.05) is 12.0 Å². The lowest BCUT2D eigenvalue weighted by atomic mass is 10.1. The second-order valence-corrected chi connectivity index (χ2v) is 4.90. The number of hydrogen-bond acceptors (Lipinski definition) is 6. The number of esters is 2. The van der Waals surface area contributed by atoms with Gasteiger partial charge in [-0.05, 0) is 19.1 Å². The van der Waals surface area contributed by atoms with Crippen molar-refractivity contribution in [1.29, 1.82) is 0 Å². The fourth-order valence-electron chi connectivity index (χ4n) is 1.57. The lowest BCUT2D eigenvalue weighted by Gasteiger charge is -2.26. The van der Waals surface area contributed by atoms with Crippen molar-refractivity contribution in [3.63, 3.8) is 0 Å². The van der Waals surface area contributed by atoms with Crippen LogP contribution in [0.1, 0.15) is 41.0 Å². The summed E-state index contributed by atoms with van der Waals surface area (Å²) in [5.41, 5.74) is -0.305. The van der Waals surface area contributed by atoms with E-state index in [9.17, 15) is 19.5 Å². The first-order valence-electron chi connectivity index (χ1n) is 6.81. The van der Waals surface area contributed by atoms with Crippen LogP contribution in [0.25, 0.3) is 0 Å². The maximum Gasteiger partial charge on any atom is 0.339 e. The molecule has 0 aliphatic heterocycles. The van der Waals surface area contributed by atoms with Crippen LogP contribution in [0.5, 0.6) is 0 Å². The topological polar surface area (TPSA) is 110 Å². The van der Waals surface area contributed by atoms with Crippen molar-refractivity contribution in [1.82, 2.24) is 0 Å². The molecule has 0 amide bonds. The zero-order valence-electron chi connectivity index (χ0n) is 12.9. The second kappa shape index (κ2) is 7.55. The lowest BCUT2D eigenvalue weighted by molar-refractivity contribution is -0.220. The minimum Gasteiger partial charge on any atom is -0.478 e. The molecule has 0 saturated carbocycles. The molecule has 0 spiro atoms. The van der Waals surface area contributed by atoms with Gasteiger partial charge >= 0.3 is 17.9 Å². The molecule has 0 aliphatic rings. The van der Waals surface area contributed by atoms with Crippen LogP contribution < -0.4 is 0 Å². The Kier molecular flexibility index (Phi) is 6.03. The van der Waals surface area contributed by atoms with E-state index in [0.29, 0.717) is 0 Å². The molecule has 1 aromatic carbocycles. The highest BCUT2D eigenvalue weighted by Gasteiger charge is 2.32. The highest BCUT2D eigenvalue weighted by molar-refractivity contribution is 6.02. The molecule has 23 heavy (non-hydrogen) atoms. The molecule has 0 fully saturated rings. The predicted octanol–water partition coefficient (Wildman–Crippen LogP) is 1.76. The SMILES string of the molecule is C=C(C)C(=O)OC(O)(CC)COC(=O)c1ccccc1C(=O)O. The van der Waals surface area contributed by atoms with Crippen LogP contribution in [0, 0.1) is 0 Å². The Balaban J connectivity index is 2.83. The molecular weight excluding hydrogens is 304 g/mol. The fraction of sp³-hybridized carbons (Fsp3) is 0.312. The van der Waals surface area contributed by atoms with E-state index in [4.69, 9.17) is 14.6 Å². The molecule has 0 aromatic heterocycles. The quantitative estimate of drug-likeness (QED) is 0.447. The van der Waals surface area contributed by atoms with Crippen molar-refractivity contribution >= 4 is 17.9 Å². The molecular formula is C16H18O7. The number of ether oxygens (including phenoxy) is 2. The minimum absolute atomic E-state index is 0.0279. The first kappa shape index (κ1) is 18.4. The molecule has 1 rings (SSSR count). The number of hydrogen-bond donors (Lipinski definition) is 2. The maximum absolute atomic E-state index is 12.0. The number of aliphatic hydroxyl groups is 1. The third kappa shape index (κ3) is 4.93. The minimum atomic E-state index is -2.01. The summed E-state index contributed by atoms with van der Waals surface area (Å²) in [6, 6.07) is 5.50. The molecule has 7 nitrogen and oxygen atoms in total. The Morgan fingerprint density at radius 2 is 1.78 bits per heavy atom. The van der Waals surface area contributed by atoms with Crippen LogP contribution in [0.2, 0.25) is 0 Å². The first-order chi connectivity index (χ1) is 10.7.